The van der Waals surface area contributed by atoms with Crippen LogP contribution in [-0.4, -0.2) is 84.9 Å². The molecule has 0 unspecified atom stereocenters. The van der Waals surface area contributed by atoms with E-state index in [0.717, 1.165) is 0 Å². The third-order valence-corrected chi connectivity index (χ3v) is 5.97. The van der Waals surface area contributed by atoms with Crippen LogP contribution in [0.5, 0.6) is 5.75 Å². The van der Waals surface area contributed by atoms with Crippen LogP contribution in [0.1, 0.15) is 51.0 Å². The molecule has 10 heteroatoms. The van der Waals surface area contributed by atoms with Crippen LogP contribution < -0.4 is 20.7 Å². The monoisotopic (exact) mass is 498 g/mol. The number of amides is 1. The Morgan fingerprint density at radius 2 is 2.03 bits per heavy atom. The molecule has 2 saturated heterocycles. The number of nitrogens with two attached hydrogens (primary N) is 1. The van der Waals surface area contributed by atoms with Crippen molar-refractivity contribution in [2.45, 2.75) is 32.2 Å². The number of benzene rings is 1. The molecule has 3 heterocycles. The van der Waals surface area contributed by atoms with Crippen molar-refractivity contribution in [1.82, 2.24) is 19.8 Å². The van der Waals surface area contributed by atoms with Crippen molar-refractivity contribution in [3.63, 3.8) is 0 Å². The van der Waals surface area contributed by atoms with Crippen LogP contribution in [0.25, 0.3) is 0 Å². The van der Waals surface area contributed by atoms with Crippen molar-refractivity contribution in [3.8, 4) is 5.75 Å². The number of ether oxygens (including phenoxy) is 1. The first-order chi connectivity index (χ1) is 20.6. The highest BCUT2D eigenvalue weighted by molar-refractivity contribution is 6.30. The molecule has 0 saturated carbocycles. The number of likely N-dealkylation sites (N-methyl/N-ethyl adjacent to an activating group) is 1. The molecule has 1 aromatic heterocycles. The molecule has 0 atom stereocenters. The van der Waals surface area contributed by atoms with E-state index in [4.69, 9.17) is 37.1 Å². The number of carbonyl (C=O) groups excluding carboxylic acids is 1. The second kappa shape index (κ2) is 10.8. The third-order valence-electron chi connectivity index (χ3n) is 5.66. The van der Waals surface area contributed by atoms with Gasteiger partial charge in [-0.05, 0) is 38.4 Å². The van der Waals surface area contributed by atoms with Crippen LogP contribution in [0.15, 0.2) is 18.2 Å². The van der Waals surface area contributed by atoms with E-state index in [2.05, 4.69) is 15.3 Å². The Hall–Kier alpha value is -2.62. The fourth-order valence-corrected chi connectivity index (χ4v) is 4.16. The number of carbonyl (C=O) groups is 1. The summed E-state index contributed by atoms with van der Waals surface area (Å²) in [5.74, 6) is -0.326. The van der Waals surface area contributed by atoms with Gasteiger partial charge < -0.3 is 25.6 Å². The summed E-state index contributed by atoms with van der Waals surface area (Å²) in [5, 5.41) is 3.10. The minimum Gasteiger partial charge on any atom is -0.495 e. The number of piperazine rings is 1. The summed E-state index contributed by atoms with van der Waals surface area (Å²) in [6, 6.07) is 4.09. The van der Waals surface area contributed by atoms with Crippen molar-refractivity contribution in [1.29, 1.82) is 0 Å². The molecule has 184 valence electrons. The maximum atomic E-state index is 12.0. The quantitative estimate of drug-likeness (QED) is 0.601. The first-order valence-corrected chi connectivity index (χ1v) is 11.2. The number of nitrogens with one attached hydrogen (secondary N) is 1. The predicted octanol–water partition coefficient (Wildman–Crippen LogP) is 2.76. The van der Waals surface area contributed by atoms with Crippen LogP contribution in [0, 0.1) is 0 Å². The lowest BCUT2D eigenvalue weighted by Crippen LogP contribution is -2.52. The second-order valence-electron chi connectivity index (χ2n) is 7.76. The molecule has 4 rings (SSSR count). The van der Waals surface area contributed by atoms with Gasteiger partial charge in [-0.3, -0.25) is 9.69 Å². The Bertz CT molecular complexity index is 1430. The molecule has 3 N–H and O–H groups in total. The van der Waals surface area contributed by atoms with E-state index in [9.17, 15) is 4.79 Å². The van der Waals surface area contributed by atoms with Gasteiger partial charge in [-0.2, -0.15) is 0 Å². The highest BCUT2D eigenvalue weighted by Gasteiger charge is 2.28. The molecule has 2 aliphatic rings. The molecule has 0 radical (unpaired) electrons. The van der Waals surface area contributed by atoms with Crippen molar-refractivity contribution in [2.24, 2.45) is 5.73 Å². The number of piperidine rings is 1. The molecular formula is C24H34ClN7O2. The molecule has 1 amide bonds. The van der Waals surface area contributed by atoms with Gasteiger partial charge in [0.05, 0.1) is 18.5 Å². The first kappa shape index (κ1) is 14.1. The van der Waals surface area contributed by atoms with Gasteiger partial charge >= 0.3 is 0 Å². The molecule has 0 spiro atoms. The van der Waals surface area contributed by atoms with Crippen LogP contribution in [0.2, 0.25) is 5.15 Å². The number of anilines is 3. The smallest absolute Gasteiger partial charge is 0.271 e. The van der Waals surface area contributed by atoms with E-state index < -0.39 is 44.9 Å². The molecular weight excluding hydrogens is 454 g/mol. The summed E-state index contributed by atoms with van der Waals surface area (Å²) >= 11 is 6.20. The summed E-state index contributed by atoms with van der Waals surface area (Å²) in [7, 11) is 1.45. The average molecular weight is 499 g/mol. The minimum absolute atomic E-state index is 0.0576. The zero-order valence-electron chi connectivity index (χ0n) is 29.9. The number of primary amides is 1. The summed E-state index contributed by atoms with van der Waals surface area (Å²) in [4.78, 5) is 22.6. The number of halogens is 1. The molecule has 1 aromatic carbocycles. The standard InChI is InChI=1S/C24H34ClN7O2/c1-4-18-22(25)29-24(21(28-18)23(26)33)27-16-5-6-19(20(15-16)34-3)32-9-7-17(8-10-32)31-13-11-30(2)12-14-31/h5-6,15,17H,4,7-14H2,1-3H3,(H2,26,33)(H,27,29)/i2D3,11D2,12D2,13D2,14D2. The summed E-state index contributed by atoms with van der Waals surface area (Å²) in [6.45, 7) is -14.4. The average Bonchev–Trinajstić information content (AvgIpc) is 2.91. The molecule has 0 bridgehead atoms. The van der Waals surface area contributed by atoms with E-state index in [1.54, 1.807) is 18.2 Å². The lowest BCUT2D eigenvalue weighted by Gasteiger charge is -2.42. The Balaban J connectivity index is 1.58. The highest BCUT2D eigenvalue weighted by Crippen LogP contribution is 2.35. The van der Waals surface area contributed by atoms with Gasteiger partial charge in [0.25, 0.3) is 5.91 Å². The molecule has 2 fully saturated rings. The molecule has 34 heavy (non-hydrogen) atoms. The second-order valence-corrected chi connectivity index (χ2v) is 8.12. The lowest BCUT2D eigenvalue weighted by atomic mass is 10.0. The highest BCUT2D eigenvalue weighted by atomic mass is 35.5. The lowest BCUT2D eigenvalue weighted by molar-refractivity contribution is 0.0981. The zero-order valence-corrected chi connectivity index (χ0v) is 19.6. The van der Waals surface area contributed by atoms with Gasteiger partial charge in [0, 0.05) is 72.0 Å². The van der Waals surface area contributed by atoms with E-state index in [0.29, 0.717) is 34.1 Å². The summed E-state index contributed by atoms with van der Waals surface area (Å²) in [5.41, 5.74) is 6.93. The number of hydrogen-bond donors (Lipinski definition) is 2. The number of aromatic nitrogens is 2. The minimum atomic E-state index is -3.46. The number of methoxy groups -OCH3 is 1. The van der Waals surface area contributed by atoms with Gasteiger partial charge in [0.1, 0.15) is 5.75 Å². The topological polar surface area (TPSA) is 99.9 Å². The summed E-state index contributed by atoms with van der Waals surface area (Å²) in [6.07, 6.45) is 0.642. The van der Waals surface area contributed by atoms with E-state index in [-0.39, 0.29) is 47.5 Å². The van der Waals surface area contributed by atoms with E-state index in [1.165, 1.54) is 7.11 Å². The fourth-order valence-electron chi connectivity index (χ4n) is 3.90. The number of aryl methyl sites for hydroxylation is 1. The number of rotatable bonds is 7. The third kappa shape index (κ3) is 5.37. The van der Waals surface area contributed by atoms with Gasteiger partial charge in [-0.1, -0.05) is 18.5 Å². The number of hydrogen-bond acceptors (Lipinski definition) is 8. The normalized spacial score (nSPS) is 29.3. The summed E-state index contributed by atoms with van der Waals surface area (Å²) < 4.78 is 96.3. The Morgan fingerprint density at radius 3 is 2.65 bits per heavy atom. The Morgan fingerprint density at radius 1 is 1.29 bits per heavy atom. The predicted molar refractivity (Wildman–Crippen MR) is 136 cm³/mol. The van der Waals surface area contributed by atoms with Crippen LogP contribution >= 0.6 is 11.6 Å². The fraction of sp³-hybridized carbons (Fsp3) is 0.542. The largest absolute Gasteiger partial charge is 0.495 e. The van der Waals surface area contributed by atoms with E-state index in [1.807, 2.05) is 11.8 Å². The molecule has 0 aliphatic carbocycles. The van der Waals surface area contributed by atoms with Gasteiger partial charge in [-0.15, -0.1) is 0 Å². The van der Waals surface area contributed by atoms with Crippen LogP contribution in [-0.2, 0) is 6.42 Å². The maximum absolute atomic E-state index is 12.0. The molecule has 2 aromatic rings. The van der Waals surface area contributed by atoms with Crippen LogP contribution in [0.3, 0.4) is 0 Å². The van der Waals surface area contributed by atoms with Crippen molar-refractivity contribution in [2.75, 3.05) is 63.4 Å². The van der Waals surface area contributed by atoms with Crippen molar-refractivity contribution < 1.29 is 24.6 Å². The first-order valence-electron chi connectivity index (χ1n) is 16.3. The van der Waals surface area contributed by atoms with Gasteiger partial charge in [-0.25, -0.2) is 9.97 Å². The molecule has 2 aliphatic heterocycles. The van der Waals surface area contributed by atoms with Gasteiger partial charge in [0.2, 0.25) is 0 Å². The number of nitrogens with zero attached hydrogens (tertiary/aromatic N) is 5. The Kier molecular flexibility index (Phi) is 4.45. The van der Waals surface area contributed by atoms with Gasteiger partial charge in [0.15, 0.2) is 16.7 Å². The zero-order chi connectivity index (χ0) is 33.9. The van der Waals surface area contributed by atoms with Crippen LogP contribution in [0.4, 0.5) is 17.2 Å². The maximum Gasteiger partial charge on any atom is 0.271 e. The van der Waals surface area contributed by atoms with E-state index >= 15 is 0 Å². The van der Waals surface area contributed by atoms with Crippen molar-refractivity contribution >= 4 is 34.7 Å². The SMILES string of the molecule is [2H]C([2H])([2H])N1C([2H])([2H])C([2H])([2H])N(C2CCN(c3ccc(Nc4nc(Cl)c(CC)nc4C(N)=O)cc3OC)CC2)C([2H])([2H])C1([2H])[2H]. The van der Waals surface area contributed by atoms with Crippen molar-refractivity contribution in [3.05, 3.63) is 34.7 Å². The Labute approximate surface area is 221 Å². The molecule has 9 nitrogen and oxygen atoms in total.